The summed E-state index contributed by atoms with van der Waals surface area (Å²) in [5.74, 6) is 1.17. The van der Waals surface area contributed by atoms with Crippen molar-refractivity contribution in [3.05, 3.63) is 54.1 Å². The second-order valence-electron chi connectivity index (χ2n) is 5.09. The molecule has 0 atom stereocenters. The molecule has 25 heavy (non-hydrogen) atoms. The van der Waals surface area contributed by atoms with Gasteiger partial charge in [0.2, 0.25) is 5.91 Å². The first-order chi connectivity index (χ1) is 12.1. The molecule has 0 radical (unpaired) electrons. The van der Waals surface area contributed by atoms with Gasteiger partial charge in [-0.05, 0) is 48.4 Å². The standard InChI is InChI=1S/C18H19F2NO3S/c1-23-14-6-8-16(9-7-14)25-12-17(22)21-11-10-13-2-4-15(5-3-13)24-18(19)20/h2-9,18H,10-12H2,1H3,(H,21,22). The average molecular weight is 367 g/mol. The van der Waals surface area contributed by atoms with E-state index in [1.54, 1.807) is 19.2 Å². The second kappa shape index (κ2) is 9.88. The first kappa shape index (κ1) is 19.1. The number of carbonyl (C=O) groups is 1. The van der Waals surface area contributed by atoms with Gasteiger partial charge in [-0.25, -0.2) is 0 Å². The van der Waals surface area contributed by atoms with Crippen molar-refractivity contribution in [2.75, 3.05) is 19.4 Å². The molecular formula is C18H19F2NO3S. The lowest BCUT2D eigenvalue weighted by atomic mass is 10.1. The largest absolute Gasteiger partial charge is 0.497 e. The molecule has 1 N–H and O–H groups in total. The van der Waals surface area contributed by atoms with Crippen molar-refractivity contribution in [1.82, 2.24) is 5.32 Å². The molecule has 0 saturated carbocycles. The molecule has 2 rings (SSSR count). The second-order valence-corrected chi connectivity index (χ2v) is 6.14. The maximum atomic E-state index is 12.1. The number of carbonyl (C=O) groups excluding carboxylic acids is 1. The minimum Gasteiger partial charge on any atom is -0.497 e. The highest BCUT2D eigenvalue weighted by molar-refractivity contribution is 8.00. The number of nitrogens with one attached hydrogen (secondary N) is 1. The molecule has 0 fully saturated rings. The van der Waals surface area contributed by atoms with Crippen LogP contribution in [0.5, 0.6) is 11.5 Å². The van der Waals surface area contributed by atoms with E-state index < -0.39 is 6.61 Å². The number of hydrogen-bond donors (Lipinski definition) is 1. The zero-order valence-corrected chi connectivity index (χ0v) is 14.5. The Morgan fingerprint density at radius 2 is 1.72 bits per heavy atom. The van der Waals surface area contributed by atoms with Gasteiger partial charge >= 0.3 is 6.61 Å². The Labute approximate surface area is 149 Å². The highest BCUT2D eigenvalue weighted by atomic mass is 32.2. The molecular weight excluding hydrogens is 348 g/mol. The number of hydrogen-bond acceptors (Lipinski definition) is 4. The molecule has 0 aliphatic rings. The molecule has 0 unspecified atom stereocenters. The van der Waals surface area contributed by atoms with E-state index in [0.717, 1.165) is 16.2 Å². The van der Waals surface area contributed by atoms with Crippen LogP contribution < -0.4 is 14.8 Å². The zero-order chi connectivity index (χ0) is 18.1. The summed E-state index contributed by atoms with van der Waals surface area (Å²) in [5, 5.41) is 2.84. The van der Waals surface area contributed by atoms with Crippen molar-refractivity contribution in [3.8, 4) is 11.5 Å². The zero-order valence-electron chi connectivity index (χ0n) is 13.7. The number of amides is 1. The topological polar surface area (TPSA) is 47.6 Å². The maximum Gasteiger partial charge on any atom is 0.387 e. The van der Waals surface area contributed by atoms with Gasteiger partial charge in [0.1, 0.15) is 11.5 Å². The number of thioether (sulfide) groups is 1. The third-order valence-corrected chi connectivity index (χ3v) is 4.33. The van der Waals surface area contributed by atoms with Gasteiger partial charge < -0.3 is 14.8 Å². The fourth-order valence-electron chi connectivity index (χ4n) is 2.06. The SMILES string of the molecule is COc1ccc(SCC(=O)NCCc2ccc(OC(F)F)cc2)cc1. The minimum atomic E-state index is -2.83. The number of methoxy groups -OCH3 is 1. The maximum absolute atomic E-state index is 12.1. The Bertz CT molecular complexity index is 663. The first-order valence-electron chi connectivity index (χ1n) is 7.64. The summed E-state index contributed by atoms with van der Waals surface area (Å²) in [4.78, 5) is 12.8. The summed E-state index contributed by atoms with van der Waals surface area (Å²) in [5.41, 5.74) is 0.935. The third kappa shape index (κ3) is 7.01. The van der Waals surface area contributed by atoms with Crippen LogP contribution in [0, 0.1) is 0 Å². The lowest BCUT2D eigenvalue weighted by molar-refractivity contribution is -0.118. The molecule has 0 bridgehead atoms. The van der Waals surface area contributed by atoms with Gasteiger partial charge in [0.05, 0.1) is 12.9 Å². The van der Waals surface area contributed by atoms with Crippen LogP contribution in [0.25, 0.3) is 0 Å². The van der Waals surface area contributed by atoms with Gasteiger partial charge in [0.25, 0.3) is 0 Å². The van der Waals surface area contributed by atoms with Gasteiger partial charge in [0.15, 0.2) is 0 Å². The average Bonchev–Trinajstić information content (AvgIpc) is 2.61. The van der Waals surface area contributed by atoms with E-state index in [1.165, 1.54) is 23.9 Å². The fourth-order valence-corrected chi connectivity index (χ4v) is 2.78. The van der Waals surface area contributed by atoms with E-state index >= 15 is 0 Å². The van der Waals surface area contributed by atoms with Crippen LogP contribution in [-0.2, 0) is 11.2 Å². The van der Waals surface area contributed by atoms with Crippen LogP contribution in [0.2, 0.25) is 0 Å². The Kier molecular flexibility index (Phi) is 7.53. The van der Waals surface area contributed by atoms with Crippen molar-refractivity contribution in [2.24, 2.45) is 0 Å². The van der Waals surface area contributed by atoms with Crippen molar-refractivity contribution >= 4 is 17.7 Å². The van der Waals surface area contributed by atoms with Crippen molar-refractivity contribution in [3.63, 3.8) is 0 Å². The van der Waals surface area contributed by atoms with E-state index in [9.17, 15) is 13.6 Å². The predicted octanol–water partition coefficient (Wildman–Crippen LogP) is 3.75. The molecule has 0 aliphatic carbocycles. The minimum absolute atomic E-state index is 0.0570. The number of alkyl halides is 2. The molecule has 0 aliphatic heterocycles. The van der Waals surface area contributed by atoms with Crippen molar-refractivity contribution in [2.45, 2.75) is 17.9 Å². The normalized spacial score (nSPS) is 10.6. The Morgan fingerprint density at radius 3 is 2.32 bits per heavy atom. The first-order valence-corrected chi connectivity index (χ1v) is 8.62. The molecule has 0 spiro atoms. The van der Waals surface area contributed by atoms with Gasteiger partial charge in [-0.2, -0.15) is 8.78 Å². The summed E-state index contributed by atoms with van der Waals surface area (Å²) in [6.45, 7) is -2.34. The predicted molar refractivity (Wildman–Crippen MR) is 93.5 cm³/mol. The summed E-state index contributed by atoms with van der Waals surface area (Å²) in [6.07, 6.45) is 0.619. The highest BCUT2D eigenvalue weighted by Gasteiger charge is 2.05. The smallest absolute Gasteiger partial charge is 0.387 e. The monoisotopic (exact) mass is 367 g/mol. The Morgan fingerprint density at radius 1 is 1.08 bits per heavy atom. The van der Waals surface area contributed by atoms with Gasteiger partial charge in [-0.15, -0.1) is 11.8 Å². The van der Waals surface area contributed by atoms with E-state index in [0.29, 0.717) is 18.7 Å². The van der Waals surface area contributed by atoms with Crippen molar-refractivity contribution in [1.29, 1.82) is 0 Å². The van der Waals surface area contributed by atoms with Crippen LogP contribution in [0.15, 0.2) is 53.4 Å². The van der Waals surface area contributed by atoms with E-state index in [-0.39, 0.29) is 11.7 Å². The summed E-state index contributed by atoms with van der Waals surface area (Å²) in [6, 6.07) is 13.9. The molecule has 7 heteroatoms. The van der Waals surface area contributed by atoms with E-state index in [1.807, 2.05) is 24.3 Å². The lowest BCUT2D eigenvalue weighted by Gasteiger charge is -2.07. The van der Waals surface area contributed by atoms with Gasteiger partial charge in [0, 0.05) is 11.4 Å². The fraction of sp³-hybridized carbons (Fsp3) is 0.278. The molecule has 134 valence electrons. The quantitative estimate of drug-likeness (QED) is 0.686. The van der Waals surface area contributed by atoms with Crippen LogP contribution in [-0.4, -0.2) is 31.9 Å². The number of ether oxygens (including phenoxy) is 2. The molecule has 2 aromatic rings. The molecule has 2 aromatic carbocycles. The number of benzene rings is 2. The molecule has 0 heterocycles. The molecule has 4 nitrogen and oxygen atoms in total. The summed E-state index contributed by atoms with van der Waals surface area (Å²) < 4.78 is 33.5. The van der Waals surface area contributed by atoms with E-state index in [2.05, 4.69) is 10.1 Å². The van der Waals surface area contributed by atoms with E-state index in [4.69, 9.17) is 4.74 Å². The Balaban J connectivity index is 1.67. The Hall–Kier alpha value is -2.28. The molecule has 0 aromatic heterocycles. The number of halogens is 2. The summed E-state index contributed by atoms with van der Waals surface area (Å²) in [7, 11) is 1.61. The molecule has 1 amide bonds. The van der Waals surface area contributed by atoms with Crippen LogP contribution >= 0.6 is 11.8 Å². The lowest BCUT2D eigenvalue weighted by Crippen LogP contribution is -2.27. The highest BCUT2D eigenvalue weighted by Crippen LogP contribution is 2.21. The van der Waals surface area contributed by atoms with Crippen molar-refractivity contribution < 1.29 is 23.0 Å². The molecule has 0 saturated heterocycles. The van der Waals surface area contributed by atoms with Crippen LogP contribution in [0.4, 0.5) is 8.78 Å². The number of rotatable bonds is 9. The summed E-state index contributed by atoms with van der Waals surface area (Å²) >= 11 is 1.45. The van der Waals surface area contributed by atoms with Crippen LogP contribution in [0.3, 0.4) is 0 Å². The van der Waals surface area contributed by atoms with Crippen LogP contribution in [0.1, 0.15) is 5.56 Å². The van der Waals surface area contributed by atoms with Gasteiger partial charge in [-0.3, -0.25) is 4.79 Å². The van der Waals surface area contributed by atoms with Gasteiger partial charge in [-0.1, -0.05) is 12.1 Å². The third-order valence-electron chi connectivity index (χ3n) is 3.31.